The first-order chi connectivity index (χ1) is 16.5. The normalized spacial score (nSPS) is 19.6. The third-order valence-electron chi connectivity index (χ3n) is 6.87. The Balaban J connectivity index is 1.39. The minimum Gasteiger partial charge on any atom is -0.497 e. The molecule has 8 heteroatoms. The molecule has 0 bridgehead atoms. The molecule has 1 saturated heterocycles. The molecule has 0 aliphatic carbocycles. The Morgan fingerprint density at radius 3 is 2.85 bits per heavy atom. The maximum absolute atomic E-state index is 13.3. The highest BCUT2D eigenvalue weighted by Gasteiger charge is 2.29. The molecular formula is C26H31N5O3. The number of ether oxygens (including phenoxy) is 2. The van der Waals surface area contributed by atoms with Crippen LogP contribution >= 0.6 is 0 Å². The van der Waals surface area contributed by atoms with E-state index in [1.807, 2.05) is 42.7 Å². The Kier molecular flexibility index (Phi) is 6.15. The van der Waals surface area contributed by atoms with Crippen molar-refractivity contribution in [1.82, 2.24) is 15.1 Å². The number of benzene rings is 2. The van der Waals surface area contributed by atoms with Crippen LogP contribution in [0.4, 0.5) is 11.4 Å². The molecule has 2 aliphatic heterocycles. The van der Waals surface area contributed by atoms with E-state index in [0.29, 0.717) is 19.1 Å². The van der Waals surface area contributed by atoms with Crippen LogP contribution < -0.4 is 19.7 Å². The van der Waals surface area contributed by atoms with Gasteiger partial charge in [-0.1, -0.05) is 6.07 Å². The molecule has 178 valence electrons. The first-order valence-electron chi connectivity index (χ1n) is 11.7. The van der Waals surface area contributed by atoms with E-state index in [-0.39, 0.29) is 11.8 Å². The van der Waals surface area contributed by atoms with Crippen molar-refractivity contribution in [3.8, 4) is 22.6 Å². The van der Waals surface area contributed by atoms with Crippen molar-refractivity contribution < 1.29 is 14.3 Å². The number of nitrogens with zero attached hydrogens (tertiary/aromatic N) is 3. The van der Waals surface area contributed by atoms with Gasteiger partial charge in [0.2, 0.25) is 5.91 Å². The van der Waals surface area contributed by atoms with E-state index >= 15 is 0 Å². The van der Waals surface area contributed by atoms with Crippen molar-refractivity contribution in [2.75, 3.05) is 51.1 Å². The largest absolute Gasteiger partial charge is 0.497 e. The zero-order chi connectivity index (χ0) is 23.7. The lowest BCUT2D eigenvalue weighted by molar-refractivity contribution is -0.121. The van der Waals surface area contributed by atoms with Crippen LogP contribution in [0.1, 0.15) is 12.0 Å². The van der Waals surface area contributed by atoms with Gasteiger partial charge in [-0.25, -0.2) is 0 Å². The number of aromatic nitrogens is 2. The molecular weight excluding hydrogens is 430 g/mol. The van der Waals surface area contributed by atoms with E-state index in [4.69, 9.17) is 9.47 Å². The van der Waals surface area contributed by atoms with Crippen LogP contribution in [0.3, 0.4) is 0 Å². The van der Waals surface area contributed by atoms with Crippen LogP contribution in [-0.4, -0.2) is 67.9 Å². The number of hydrogen-bond acceptors (Lipinski definition) is 6. The Labute approximate surface area is 199 Å². The summed E-state index contributed by atoms with van der Waals surface area (Å²) in [6.07, 6.45) is 5.41. The molecule has 0 saturated carbocycles. The van der Waals surface area contributed by atoms with Gasteiger partial charge in [0.1, 0.15) is 18.1 Å². The van der Waals surface area contributed by atoms with Crippen molar-refractivity contribution in [3.05, 3.63) is 54.4 Å². The first-order valence-corrected chi connectivity index (χ1v) is 11.7. The second-order valence-electron chi connectivity index (χ2n) is 9.25. The quantitative estimate of drug-likeness (QED) is 0.585. The highest BCUT2D eigenvalue weighted by molar-refractivity contribution is 5.97. The van der Waals surface area contributed by atoms with E-state index in [1.54, 1.807) is 7.11 Å². The Hall–Kier alpha value is -3.52. The first kappa shape index (κ1) is 22.3. The van der Waals surface area contributed by atoms with E-state index in [9.17, 15) is 4.79 Å². The number of carbonyl (C=O) groups is 1. The standard InChI is InChI=1S/C26H31N5O3/c1-30(2)21-8-9-31(15-21)24-12-17(20-13-27-28-14-20)4-6-23(24)29-26(32)19-10-18-11-22(33-3)5-7-25(18)34-16-19/h4-7,11-14,19,21H,8-10,15-16H2,1-3H3,(H,27,28)(H,29,32)/t19-,21+/m0/s1. The molecule has 5 rings (SSSR count). The third-order valence-corrected chi connectivity index (χ3v) is 6.87. The maximum Gasteiger partial charge on any atom is 0.231 e. The van der Waals surface area contributed by atoms with Crippen molar-refractivity contribution >= 4 is 17.3 Å². The van der Waals surface area contributed by atoms with Gasteiger partial charge in [0.05, 0.1) is 30.6 Å². The third kappa shape index (κ3) is 4.46. The average molecular weight is 462 g/mol. The molecule has 0 unspecified atom stereocenters. The van der Waals surface area contributed by atoms with Crippen LogP contribution in [-0.2, 0) is 11.2 Å². The number of carbonyl (C=O) groups excluding carboxylic acids is 1. The molecule has 2 atom stereocenters. The Morgan fingerprint density at radius 2 is 2.12 bits per heavy atom. The summed E-state index contributed by atoms with van der Waals surface area (Å²) in [5.41, 5.74) is 4.95. The molecule has 0 radical (unpaired) electrons. The smallest absolute Gasteiger partial charge is 0.231 e. The molecule has 8 nitrogen and oxygen atoms in total. The average Bonchev–Trinajstić information content (AvgIpc) is 3.56. The van der Waals surface area contributed by atoms with Crippen LogP contribution in [0.5, 0.6) is 11.5 Å². The SMILES string of the molecule is COc1ccc2c(c1)C[C@H](C(=O)Nc1ccc(-c3cn[nH]c3)cc1N1CC[C@@H](N(C)C)C1)CO2. The summed E-state index contributed by atoms with van der Waals surface area (Å²) in [6.45, 7) is 2.23. The van der Waals surface area contributed by atoms with Gasteiger partial charge in [-0.05, 0) is 68.4 Å². The summed E-state index contributed by atoms with van der Waals surface area (Å²) in [4.78, 5) is 18.0. The number of aromatic amines is 1. The number of anilines is 2. The van der Waals surface area contributed by atoms with Gasteiger partial charge in [0.15, 0.2) is 0 Å². The molecule has 2 N–H and O–H groups in total. The van der Waals surface area contributed by atoms with E-state index in [0.717, 1.165) is 59.1 Å². The molecule has 1 fully saturated rings. The molecule has 0 spiro atoms. The van der Waals surface area contributed by atoms with Crippen LogP contribution in [0.15, 0.2) is 48.8 Å². The molecule has 1 aromatic heterocycles. The number of H-pyrrole nitrogens is 1. The summed E-state index contributed by atoms with van der Waals surface area (Å²) in [5, 5.41) is 10.2. The molecule has 2 aliphatic rings. The Morgan fingerprint density at radius 1 is 1.24 bits per heavy atom. The van der Waals surface area contributed by atoms with E-state index in [1.165, 1.54) is 0 Å². The zero-order valence-corrected chi connectivity index (χ0v) is 19.9. The van der Waals surface area contributed by atoms with Gasteiger partial charge >= 0.3 is 0 Å². The highest BCUT2D eigenvalue weighted by atomic mass is 16.5. The molecule has 1 amide bonds. The van der Waals surface area contributed by atoms with E-state index in [2.05, 4.69) is 45.5 Å². The number of hydrogen-bond donors (Lipinski definition) is 2. The lowest BCUT2D eigenvalue weighted by Gasteiger charge is -2.27. The minimum atomic E-state index is -0.269. The lowest BCUT2D eigenvalue weighted by Crippen LogP contribution is -2.34. The van der Waals surface area contributed by atoms with Crippen molar-refractivity contribution in [3.63, 3.8) is 0 Å². The van der Waals surface area contributed by atoms with Gasteiger partial charge < -0.3 is 24.6 Å². The monoisotopic (exact) mass is 461 g/mol. The summed E-state index contributed by atoms with van der Waals surface area (Å²) in [7, 11) is 5.88. The fraction of sp³-hybridized carbons (Fsp3) is 0.385. The maximum atomic E-state index is 13.3. The number of rotatable bonds is 6. The molecule has 2 aromatic carbocycles. The second-order valence-corrected chi connectivity index (χ2v) is 9.25. The van der Waals surface area contributed by atoms with Crippen LogP contribution in [0, 0.1) is 5.92 Å². The van der Waals surface area contributed by atoms with Crippen molar-refractivity contribution in [2.45, 2.75) is 18.9 Å². The van der Waals surface area contributed by atoms with E-state index < -0.39 is 0 Å². The summed E-state index contributed by atoms with van der Waals surface area (Å²) < 4.78 is 11.2. The summed E-state index contributed by atoms with van der Waals surface area (Å²) in [6, 6.07) is 12.4. The fourth-order valence-corrected chi connectivity index (χ4v) is 4.77. The van der Waals surface area contributed by atoms with Gasteiger partial charge in [0.25, 0.3) is 0 Å². The molecule has 34 heavy (non-hydrogen) atoms. The Bertz CT molecular complexity index is 1160. The lowest BCUT2D eigenvalue weighted by atomic mass is 9.95. The predicted octanol–water partition coefficient (Wildman–Crippen LogP) is 3.42. The fourth-order valence-electron chi connectivity index (χ4n) is 4.77. The van der Waals surface area contributed by atoms with Crippen LogP contribution in [0.25, 0.3) is 11.1 Å². The number of amides is 1. The predicted molar refractivity (Wildman–Crippen MR) is 133 cm³/mol. The molecule has 3 heterocycles. The van der Waals surface area contributed by atoms with Gasteiger partial charge in [-0.3, -0.25) is 9.89 Å². The summed E-state index contributed by atoms with van der Waals surface area (Å²) in [5.74, 6) is 1.29. The highest BCUT2D eigenvalue weighted by Crippen LogP contribution is 2.36. The molecule has 3 aromatic rings. The van der Waals surface area contributed by atoms with Crippen molar-refractivity contribution in [2.24, 2.45) is 5.92 Å². The number of likely N-dealkylation sites (N-methyl/N-ethyl adjacent to an activating group) is 1. The summed E-state index contributed by atoms with van der Waals surface area (Å²) >= 11 is 0. The van der Waals surface area contributed by atoms with Gasteiger partial charge in [-0.2, -0.15) is 5.10 Å². The minimum absolute atomic E-state index is 0.0332. The van der Waals surface area contributed by atoms with Gasteiger partial charge in [-0.15, -0.1) is 0 Å². The van der Waals surface area contributed by atoms with Crippen LogP contribution in [0.2, 0.25) is 0 Å². The second kappa shape index (κ2) is 9.38. The van der Waals surface area contributed by atoms with Crippen molar-refractivity contribution in [1.29, 1.82) is 0 Å². The number of nitrogens with one attached hydrogen (secondary N) is 2. The topological polar surface area (TPSA) is 82.7 Å². The van der Waals surface area contributed by atoms with Gasteiger partial charge in [0, 0.05) is 30.9 Å². The zero-order valence-electron chi connectivity index (χ0n) is 19.9. The number of methoxy groups -OCH3 is 1. The number of fused-ring (bicyclic) bond motifs is 1.